The summed E-state index contributed by atoms with van der Waals surface area (Å²) in [5, 5.41) is 6.70. The molecule has 0 aromatic heterocycles. The van der Waals surface area contributed by atoms with Crippen LogP contribution < -0.4 is 16.4 Å². The Kier molecular flexibility index (Phi) is 4.37. The molecule has 0 unspecified atom stereocenters. The van der Waals surface area contributed by atoms with Gasteiger partial charge >= 0.3 is 0 Å². The fourth-order valence-electron chi connectivity index (χ4n) is 1.70. The van der Waals surface area contributed by atoms with Crippen LogP contribution in [0.25, 0.3) is 0 Å². The highest BCUT2D eigenvalue weighted by atomic mass is 35.5. The van der Waals surface area contributed by atoms with Crippen molar-refractivity contribution in [2.24, 2.45) is 0 Å². The van der Waals surface area contributed by atoms with Crippen LogP contribution in [0.1, 0.15) is 10.4 Å². The van der Waals surface area contributed by atoms with Gasteiger partial charge in [-0.2, -0.15) is 0 Å². The number of nitrogens with two attached hydrogens (primary N) is 1. The van der Waals surface area contributed by atoms with Gasteiger partial charge in [-0.3, -0.25) is 4.79 Å². The predicted molar refractivity (Wildman–Crippen MR) is 84.0 cm³/mol. The number of halogens is 2. The molecule has 20 heavy (non-hydrogen) atoms. The quantitative estimate of drug-likeness (QED) is 0.758. The Morgan fingerprint density at radius 2 is 1.80 bits per heavy atom. The van der Waals surface area contributed by atoms with Gasteiger partial charge in [0.05, 0.1) is 22.1 Å². The molecule has 0 heterocycles. The molecule has 2 rings (SSSR count). The van der Waals surface area contributed by atoms with E-state index in [9.17, 15) is 4.79 Å². The third-order valence-electron chi connectivity index (χ3n) is 2.74. The molecule has 4 N–H and O–H groups in total. The van der Waals surface area contributed by atoms with Crippen LogP contribution >= 0.6 is 23.2 Å². The number of benzene rings is 2. The summed E-state index contributed by atoms with van der Waals surface area (Å²) in [5.74, 6) is -0.187. The number of nitrogens with one attached hydrogen (secondary N) is 2. The maximum atomic E-state index is 11.5. The topological polar surface area (TPSA) is 67.2 Å². The van der Waals surface area contributed by atoms with Crippen LogP contribution in [0.2, 0.25) is 10.0 Å². The summed E-state index contributed by atoms with van der Waals surface area (Å²) >= 11 is 11.9. The Balaban J connectivity index is 2.28. The van der Waals surface area contributed by atoms with Crippen LogP contribution in [0.15, 0.2) is 36.4 Å². The lowest BCUT2D eigenvalue weighted by molar-refractivity contribution is 0.0963. The third-order valence-corrected chi connectivity index (χ3v) is 3.29. The molecule has 0 aliphatic carbocycles. The number of hydrogen-bond donors (Lipinski definition) is 3. The van der Waals surface area contributed by atoms with Gasteiger partial charge in [0.25, 0.3) is 5.91 Å². The fraction of sp³-hybridized carbons (Fsp3) is 0.0714. The van der Waals surface area contributed by atoms with Gasteiger partial charge in [0.1, 0.15) is 0 Å². The van der Waals surface area contributed by atoms with Crippen LogP contribution in [0.5, 0.6) is 0 Å². The van der Waals surface area contributed by atoms with E-state index in [0.29, 0.717) is 32.7 Å². The third kappa shape index (κ3) is 3.15. The zero-order valence-corrected chi connectivity index (χ0v) is 12.2. The minimum atomic E-state index is -0.187. The molecule has 104 valence electrons. The summed E-state index contributed by atoms with van der Waals surface area (Å²) in [6.07, 6.45) is 0. The first-order chi connectivity index (χ1) is 9.51. The van der Waals surface area contributed by atoms with E-state index in [1.165, 1.54) is 0 Å². The first-order valence-corrected chi connectivity index (χ1v) is 6.60. The van der Waals surface area contributed by atoms with Gasteiger partial charge in [0, 0.05) is 17.6 Å². The average molecular weight is 310 g/mol. The Hall–Kier alpha value is -1.91. The molecule has 0 saturated carbocycles. The maximum absolute atomic E-state index is 11.5. The normalized spacial score (nSPS) is 10.2. The molecule has 0 radical (unpaired) electrons. The van der Waals surface area contributed by atoms with Crippen molar-refractivity contribution in [2.75, 3.05) is 18.1 Å². The average Bonchev–Trinajstić information content (AvgIpc) is 2.42. The number of carbonyl (C=O) groups excluding carboxylic acids is 1. The van der Waals surface area contributed by atoms with Crippen molar-refractivity contribution >= 4 is 46.2 Å². The summed E-state index contributed by atoms with van der Waals surface area (Å²) in [7, 11) is 1.57. The molecular weight excluding hydrogens is 297 g/mol. The van der Waals surface area contributed by atoms with E-state index in [-0.39, 0.29) is 5.91 Å². The number of nitrogen functional groups attached to an aromatic ring is 1. The molecule has 0 bridgehead atoms. The van der Waals surface area contributed by atoms with Crippen molar-refractivity contribution < 1.29 is 4.79 Å². The van der Waals surface area contributed by atoms with Crippen LogP contribution in [-0.2, 0) is 0 Å². The molecule has 0 spiro atoms. The van der Waals surface area contributed by atoms with Gasteiger partial charge in [-0.25, -0.2) is 0 Å². The second kappa shape index (κ2) is 6.03. The smallest absolute Gasteiger partial charge is 0.251 e. The molecule has 2 aromatic carbocycles. The second-order valence-corrected chi connectivity index (χ2v) is 4.97. The van der Waals surface area contributed by atoms with E-state index >= 15 is 0 Å². The predicted octanol–water partition coefficient (Wildman–Crippen LogP) is 3.68. The van der Waals surface area contributed by atoms with Gasteiger partial charge < -0.3 is 16.4 Å². The molecule has 0 aliphatic rings. The number of rotatable bonds is 3. The maximum Gasteiger partial charge on any atom is 0.251 e. The number of hydrogen-bond acceptors (Lipinski definition) is 3. The Morgan fingerprint density at radius 3 is 2.40 bits per heavy atom. The molecule has 0 fully saturated rings. The highest BCUT2D eigenvalue weighted by molar-refractivity contribution is 6.36. The number of carbonyl (C=O) groups is 1. The van der Waals surface area contributed by atoms with Gasteiger partial charge in [0.15, 0.2) is 0 Å². The van der Waals surface area contributed by atoms with Crippen molar-refractivity contribution in [3.8, 4) is 0 Å². The van der Waals surface area contributed by atoms with Crippen molar-refractivity contribution in [3.05, 3.63) is 52.0 Å². The molecule has 0 atom stereocenters. The molecule has 0 saturated heterocycles. The van der Waals surface area contributed by atoms with Crippen LogP contribution in [-0.4, -0.2) is 13.0 Å². The van der Waals surface area contributed by atoms with E-state index < -0.39 is 0 Å². The van der Waals surface area contributed by atoms with E-state index in [0.717, 1.165) is 0 Å². The zero-order chi connectivity index (χ0) is 14.7. The SMILES string of the molecule is CNC(=O)c1ccc(Nc2ccc(Cl)cc2Cl)c(N)c1. The highest BCUT2D eigenvalue weighted by Gasteiger charge is 2.08. The Labute approximate surface area is 126 Å². The van der Waals surface area contributed by atoms with Crippen molar-refractivity contribution in [1.29, 1.82) is 0 Å². The lowest BCUT2D eigenvalue weighted by atomic mass is 10.1. The first kappa shape index (κ1) is 14.5. The van der Waals surface area contributed by atoms with Crippen molar-refractivity contribution in [2.45, 2.75) is 0 Å². The summed E-state index contributed by atoms with van der Waals surface area (Å²) in [4.78, 5) is 11.5. The van der Waals surface area contributed by atoms with Crippen LogP contribution in [0.4, 0.5) is 17.1 Å². The number of amides is 1. The highest BCUT2D eigenvalue weighted by Crippen LogP contribution is 2.30. The molecule has 0 aliphatic heterocycles. The van der Waals surface area contributed by atoms with Crippen LogP contribution in [0, 0.1) is 0 Å². The standard InChI is InChI=1S/C14H13Cl2N3O/c1-18-14(20)8-2-4-13(11(17)6-8)19-12-5-3-9(15)7-10(12)16/h2-7,19H,17H2,1H3,(H,18,20). The Morgan fingerprint density at radius 1 is 1.10 bits per heavy atom. The summed E-state index contributed by atoms with van der Waals surface area (Å²) < 4.78 is 0. The summed E-state index contributed by atoms with van der Waals surface area (Å²) in [6, 6.07) is 10.1. The van der Waals surface area contributed by atoms with Gasteiger partial charge in [-0.1, -0.05) is 23.2 Å². The van der Waals surface area contributed by atoms with Crippen molar-refractivity contribution in [1.82, 2.24) is 5.32 Å². The molecule has 1 amide bonds. The van der Waals surface area contributed by atoms with E-state index in [2.05, 4.69) is 10.6 Å². The first-order valence-electron chi connectivity index (χ1n) is 5.85. The molecule has 4 nitrogen and oxygen atoms in total. The largest absolute Gasteiger partial charge is 0.397 e. The lowest BCUT2D eigenvalue weighted by Gasteiger charge is -2.12. The fourth-order valence-corrected chi connectivity index (χ4v) is 2.15. The van der Waals surface area contributed by atoms with Crippen molar-refractivity contribution in [3.63, 3.8) is 0 Å². The molecular formula is C14H13Cl2N3O. The lowest BCUT2D eigenvalue weighted by Crippen LogP contribution is -2.17. The summed E-state index contributed by atoms with van der Waals surface area (Å²) in [6.45, 7) is 0. The minimum absolute atomic E-state index is 0.187. The zero-order valence-electron chi connectivity index (χ0n) is 10.7. The Bertz CT molecular complexity index is 659. The van der Waals surface area contributed by atoms with Gasteiger partial charge in [0.2, 0.25) is 0 Å². The van der Waals surface area contributed by atoms with Gasteiger partial charge in [-0.05, 0) is 36.4 Å². The summed E-state index contributed by atoms with van der Waals surface area (Å²) in [5.41, 5.74) is 8.24. The van der Waals surface area contributed by atoms with Crippen LogP contribution in [0.3, 0.4) is 0 Å². The molecule has 6 heteroatoms. The van der Waals surface area contributed by atoms with Gasteiger partial charge in [-0.15, -0.1) is 0 Å². The molecule has 2 aromatic rings. The number of anilines is 3. The second-order valence-electron chi connectivity index (χ2n) is 4.13. The monoisotopic (exact) mass is 309 g/mol. The van der Waals surface area contributed by atoms with E-state index in [4.69, 9.17) is 28.9 Å². The van der Waals surface area contributed by atoms with E-state index in [1.54, 1.807) is 43.4 Å². The minimum Gasteiger partial charge on any atom is -0.397 e. The van der Waals surface area contributed by atoms with E-state index in [1.807, 2.05) is 0 Å².